The molecule has 0 N–H and O–H groups in total. The molecule has 0 bridgehead atoms. The van der Waals surface area contributed by atoms with Gasteiger partial charge in [-0.15, -0.1) is 0 Å². The van der Waals surface area contributed by atoms with Gasteiger partial charge in [-0.3, -0.25) is 4.79 Å². The SMILES string of the molecule is Cn1cncc1Cn1cc(Br)ccc1=O. The number of aromatic nitrogens is 3. The third-order valence-electron chi connectivity index (χ3n) is 2.20. The predicted molar refractivity (Wildman–Crippen MR) is 60.7 cm³/mol. The van der Waals surface area contributed by atoms with Crippen LogP contribution in [0.5, 0.6) is 0 Å². The zero-order chi connectivity index (χ0) is 10.8. The average molecular weight is 268 g/mol. The zero-order valence-corrected chi connectivity index (χ0v) is 9.81. The van der Waals surface area contributed by atoms with Crippen LogP contribution < -0.4 is 5.56 Å². The number of rotatable bonds is 2. The summed E-state index contributed by atoms with van der Waals surface area (Å²) in [7, 11) is 1.91. The molecule has 0 aliphatic rings. The molecule has 0 unspecified atom stereocenters. The van der Waals surface area contributed by atoms with E-state index in [-0.39, 0.29) is 5.56 Å². The lowest BCUT2D eigenvalue weighted by Crippen LogP contribution is -2.19. The first-order valence-corrected chi connectivity index (χ1v) is 5.27. The number of nitrogens with zero attached hydrogens (tertiary/aromatic N) is 3. The standard InChI is InChI=1S/C10H10BrN3O/c1-13-7-12-4-9(13)6-14-5-8(11)2-3-10(14)15/h2-5,7H,6H2,1H3. The summed E-state index contributed by atoms with van der Waals surface area (Å²) in [6.07, 6.45) is 5.25. The van der Waals surface area contributed by atoms with Crippen molar-refractivity contribution in [3.63, 3.8) is 0 Å². The topological polar surface area (TPSA) is 39.8 Å². The van der Waals surface area contributed by atoms with E-state index in [0.29, 0.717) is 6.54 Å². The number of pyridine rings is 1. The Morgan fingerprint density at radius 1 is 1.47 bits per heavy atom. The van der Waals surface area contributed by atoms with Gasteiger partial charge in [0.2, 0.25) is 0 Å². The van der Waals surface area contributed by atoms with Gasteiger partial charge < -0.3 is 9.13 Å². The van der Waals surface area contributed by atoms with Crippen molar-refractivity contribution >= 4 is 15.9 Å². The summed E-state index contributed by atoms with van der Waals surface area (Å²) in [5.41, 5.74) is 0.981. The quantitative estimate of drug-likeness (QED) is 0.825. The van der Waals surface area contributed by atoms with Crippen molar-refractivity contribution in [2.75, 3.05) is 0 Å². The first-order chi connectivity index (χ1) is 7.16. The first kappa shape index (κ1) is 10.2. The van der Waals surface area contributed by atoms with Gasteiger partial charge in [0.15, 0.2) is 0 Å². The van der Waals surface area contributed by atoms with Gasteiger partial charge in [0.25, 0.3) is 5.56 Å². The van der Waals surface area contributed by atoms with Crippen LogP contribution in [0.3, 0.4) is 0 Å². The second-order valence-corrected chi connectivity index (χ2v) is 4.23. The van der Waals surface area contributed by atoms with Crippen LogP contribution in [0.1, 0.15) is 5.69 Å². The number of imidazole rings is 1. The molecule has 78 valence electrons. The summed E-state index contributed by atoms with van der Waals surface area (Å²) >= 11 is 3.34. The largest absolute Gasteiger partial charge is 0.336 e. The maximum absolute atomic E-state index is 11.5. The van der Waals surface area contributed by atoms with E-state index < -0.39 is 0 Å². The van der Waals surface area contributed by atoms with Crippen LogP contribution in [0.15, 0.2) is 40.1 Å². The van der Waals surface area contributed by atoms with E-state index in [0.717, 1.165) is 10.2 Å². The average Bonchev–Trinajstić information content (AvgIpc) is 2.58. The molecule has 2 aromatic heterocycles. The van der Waals surface area contributed by atoms with Crippen LogP contribution >= 0.6 is 15.9 Å². The van der Waals surface area contributed by atoms with Crippen molar-refractivity contribution in [3.05, 3.63) is 51.4 Å². The maximum Gasteiger partial charge on any atom is 0.250 e. The summed E-state index contributed by atoms with van der Waals surface area (Å²) in [6.45, 7) is 0.536. The Morgan fingerprint density at radius 2 is 2.27 bits per heavy atom. The van der Waals surface area contributed by atoms with Crippen molar-refractivity contribution in [2.24, 2.45) is 7.05 Å². The molecule has 0 saturated heterocycles. The lowest BCUT2D eigenvalue weighted by molar-refractivity contribution is 0.698. The third-order valence-corrected chi connectivity index (χ3v) is 2.67. The molecule has 0 spiro atoms. The number of halogens is 1. The van der Waals surface area contributed by atoms with Crippen molar-refractivity contribution in [2.45, 2.75) is 6.54 Å². The van der Waals surface area contributed by atoms with E-state index in [1.54, 1.807) is 35.4 Å². The monoisotopic (exact) mass is 267 g/mol. The first-order valence-electron chi connectivity index (χ1n) is 4.48. The van der Waals surface area contributed by atoms with Crippen LogP contribution in [-0.2, 0) is 13.6 Å². The van der Waals surface area contributed by atoms with E-state index in [1.165, 1.54) is 0 Å². The molecule has 15 heavy (non-hydrogen) atoms. The van der Waals surface area contributed by atoms with E-state index in [1.807, 2.05) is 11.6 Å². The second-order valence-electron chi connectivity index (χ2n) is 3.31. The van der Waals surface area contributed by atoms with Crippen LogP contribution in [0.4, 0.5) is 0 Å². The van der Waals surface area contributed by atoms with Gasteiger partial charge in [0.1, 0.15) is 0 Å². The fourth-order valence-corrected chi connectivity index (χ4v) is 1.72. The van der Waals surface area contributed by atoms with Crippen LogP contribution in [0.2, 0.25) is 0 Å². The highest BCUT2D eigenvalue weighted by Gasteiger charge is 2.01. The summed E-state index contributed by atoms with van der Waals surface area (Å²) in [5.74, 6) is 0. The molecule has 0 fully saturated rings. The van der Waals surface area contributed by atoms with Crippen LogP contribution in [-0.4, -0.2) is 14.1 Å². The normalized spacial score (nSPS) is 10.5. The zero-order valence-electron chi connectivity index (χ0n) is 8.22. The van der Waals surface area contributed by atoms with Crippen LogP contribution in [0, 0.1) is 0 Å². The third kappa shape index (κ3) is 2.18. The lowest BCUT2D eigenvalue weighted by Gasteiger charge is -2.06. The Bertz CT molecular complexity index is 529. The Morgan fingerprint density at radius 3 is 2.93 bits per heavy atom. The Kier molecular flexibility index (Phi) is 2.73. The highest BCUT2D eigenvalue weighted by atomic mass is 79.9. The molecule has 0 aromatic carbocycles. The molecule has 2 heterocycles. The molecule has 0 aliphatic heterocycles. The molecule has 0 aliphatic carbocycles. The van der Waals surface area contributed by atoms with Gasteiger partial charge in [0, 0.05) is 30.0 Å². The molecule has 4 nitrogen and oxygen atoms in total. The Hall–Kier alpha value is -1.36. The number of hydrogen-bond acceptors (Lipinski definition) is 2. The highest BCUT2D eigenvalue weighted by Crippen LogP contribution is 2.06. The molecule has 0 saturated carbocycles. The molecule has 2 aromatic rings. The fourth-order valence-electron chi connectivity index (χ4n) is 1.34. The minimum Gasteiger partial charge on any atom is -0.336 e. The minimum atomic E-state index is -0.0144. The predicted octanol–water partition coefficient (Wildman–Crippen LogP) is 1.39. The van der Waals surface area contributed by atoms with Gasteiger partial charge in [-0.1, -0.05) is 0 Å². The number of hydrogen-bond donors (Lipinski definition) is 0. The van der Waals surface area contributed by atoms with Crippen molar-refractivity contribution in [1.82, 2.24) is 14.1 Å². The highest BCUT2D eigenvalue weighted by molar-refractivity contribution is 9.10. The molecular weight excluding hydrogens is 258 g/mol. The van der Waals surface area contributed by atoms with E-state index in [9.17, 15) is 4.79 Å². The molecule has 2 rings (SSSR count). The van der Waals surface area contributed by atoms with Crippen molar-refractivity contribution < 1.29 is 0 Å². The number of aryl methyl sites for hydroxylation is 1. The van der Waals surface area contributed by atoms with Gasteiger partial charge in [-0.2, -0.15) is 0 Å². The van der Waals surface area contributed by atoms with Gasteiger partial charge in [-0.25, -0.2) is 4.98 Å². The van der Waals surface area contributed by atoms with Crippen molar-refractivity contribution in [1.29, 1.82) is 0 Å². The Balaban J connectivity index is 2.36. The van der Waals surface area contributed by atoms with E-state index >= 15 is 0 Å². The summed E-state index contributed by atoms with van der Waals surface area (Å²) in [6, 6.07) is 3.28. The molecule has 0 amide bonds. The van der Waals surface area contributed by atoms with Crippen molar-refractivity contribution in [3.8, 4) is 0 Å². The minimum absolute atomic E-state index is 0.0144. The molecular formula is C10H10BrN3O. The smallest absolute Gasteiger partial charge is 0.250 e. The van der Waals surface area contributed by atoms with Gasteiger partial charge in [0.05, 0.1) is 18.6 Å². The fraction of sp³-hybridized carbons (Fsp3) is 0.200. The molecule has 5 heteroatoms. The Labute approximate surface area is 95.3 Å². The maximum atomic E-state index is 11.5. The van der Waals surface area contributed by atoms with Gasteiger partial charge in [-0.05, 0) is 22.0 Å². The van der Waals surface area contributed by atoms with Gasteiger partial charge >= 0.3 is 0 Å². The summed E-state index contributed by atoms with van der Waals surface area (Å²) < 4.78 is 4.43. The second kappa shape index (κ2) is 4.02. The van der Waals surface area contributed by atoms with E-state index in [4.69, 9.17) is 0 Å². The molecule has 0 radical (unpaired) electrons. The summed E-state index contributed by atoms with van der Waals surface area (Å²) in [5, 5.41) is 0. The van der Waals surface area contributed by atoms with E-state index in [2.05, 4.69) is 20.9 Å². The lowest BCUT2D eigenvalue weighted by atomic mass is 10.4. The summed E-state index contributed by atoms with van der Waals surface area (Å²) in [4.78, 5) is 15.5. The van der Waals surface area contributed by atoms with Crippen LogP contribution in [0.25, 0.3) is 0 Å². The molecule has 0 atom stereocenters.